The number of para-hydroxylation sites is 2. The van der Waals surface area contributed by atoms with Crippen LogP contribution >= 0.6 is 11.6 Å². The van der Waals surface area contributed by atoms with Crippen molar-refractivity contribution >= 4 is 34.2 Å². The number of aryl methyl sites for hydroxylation is 1. The average Bonchev–Trinajstić information content (AvgIpc) is 2.69. The van der Waals surface area contributed by atoms with Crippen LogP contribution in [0.4, 0.5) is 5.69 Å². The molecule has 1 amide bonds. The molecule has 0 unspecified atom stereocenters. The van der Waals surface area contributed by atoms with Crippen LogP contribution in [0.15, 0.2) is 71.5 Å². The fourth-order valence-electron chi connectivity index (χ4n) is 3.00. The van der Waals surface area contributed by atoms with E-state index in [0.29, 0.717) is 32.9 Å². The minimum absolute atomic E-state index is 0.254. The Hall–Kier alpha value is -3.44. The number of fused-ring (bicyclic) bond motifs is 1. The number of carbonyl (C=O) groups excluding carboxylic acids is 1. The largest absolute Gasteiger partial charge is 0.321 e. The van der Waals surface area contributed by atoms with Gasteiger partial charge >= 0.3 is 0 Å². The maximum atomic E-state index is 12.7. The summed E-state index contributed by atoms with van der Waals surface area (Å²) < 4.78 is 0. The minimum atomic E-state index is -0.317. The zero-order valence-corrected chi connectivity index (χ0v) is 15.7. The molecule has 0 aliphatic carbocycles. The molecule has 138 valence electrons. The van der Waals surface area contributed by atoms with Crippen molar-refractivity contribution in [1.29, 1.82) is 0 Å². The SMILES string of the molecule is Cc1ccc(NC(=O)c2cccc(Cl)c2)c(-c2nc3ccccc3[nH]c2=O)c1. The standard InChI is InChI=1S/C22H16ClN3O2/c1-13-9-10-17(25-21(27)14-5-4-6-15(23)12-14)16(11-13)20-22(28)26-19-8-3-2-7-18(19)24-20/h2-12H,1H3,(H,25,27)(H,26,28). The second-order valence-electron chi connectivity index (χ2n) is 6.45. The summed E-state index contributed by atoms with van der Waals surface area (Å²) in [4.78, 5) is 32.7. The molecule has 1 heterocycles. The Labute approximate surface area is 166 Å². The predicted molar refractivity (Wildman–Crippen MR) is 112 cm³/mol. The van der Waals surface area contributed by atoms with Gasteiger partial charge in [-0.15, -0.1) is 0 Å². The molecule has 6 heteroatoms. The molecule has 0 spiro atoms. The Morgan fingerprint density at radius 1 is 1.04 bits per heavy atom. The molecule has 28 heavy (non-hydrogen) atoms. The summed E-state index contributed by atoms with van der Waals surface area (Å²) in [7, 11) is 0. The van der Waals surface area contributed by atoms with Gasteiger partial charge in [0, 0.05) is 16.1 Å². The van der Waals surface area contributed by atoms with Crippen molar-refractivity contribution in [2.24, 2.45) is 0 Å². The highest BCUT2D eigenvalue weighted by atomic mass is 35.5. The summed E-state index contributed by atoms with van der Waals surface area (Å²) in [5, 5.41) is 3.34. The second kappa shape index (κ2) is 7.29. The topological polar surface area (TPSA) is 74.8 Å². The van der Waals surface area contributed by atoms with Crippen LogP contribution < -0.4 is 10.9 Å². The number of aromatic amines is 1. The normalized spacial score (nSPS) is 10.8. The van der Waals surface area contributed by atoms with Crippen LogP contribution in [0.25, 0.3) is 22.3 Å². The van der Waals surface area contributed by atoms with Crippen LogP contribution in [-0.2, 0) is 0 Å². The molecule has 0 atom stereocenters. The highest BCUT2D eigenvalue weighted by molar-refractivity contribution is 6.31. The van der Waals surface area contributed by atoms with Crippen LogP contribution in [0.3, 0.4) is 0 Å². The molecular weight excluding hydrogens is 374 g/mol. The summed E-state index contributed by atoms with van der Waals surface area (Å²) >= 11 is 5.98. The average molecular weight is 390 g/mol. The summed E-state index contributed by atoms with van der Waals surface area (Å²) in [6, 6.07) is 19.5. The van der Waals surface area contributed by atoms with E-state index < -0.39 is 0 Å². The van der Waals surface area contributed by atoms with Gasteiger partial charge in [-0.2, -0.15) is 0 Å². The van der Waals surface area contributed by atoms with Gasteiger partial charge in [0.1, 0.15) is 5.69 Å². The van der Waals surface area contributed by atoms with E-state index in [4.69, 9.17) is 11.6 Å². The van der Waals surface area contributed by atoms with Crippen LogP contribution in [0.5, 0.6) is 0 Å². The van der Waals surface area contributed by atoms with Crippen LogP contribution in [0.1, 0.15) is 15.9 Å². The number of benzene rings is 3. The third kappa shape index (κ3) is 3.52. The van der Waals surface area contributed by atoms with Crippen LogP contribution in [-0.4, -0.2) is 15.9 Å². The third-order valence-electron chi connectivity index (χ3n) is 4.36. The first-order chi connectivity index (χ1) is 13.5. The van der Waals surface area contributed by atoms with Crippen LogP contribution in [0, 0.1) is 6.92 Å². The van der Waals surface area contributed by atoms with E-state index in [1.165, 1.54) is 0 Å². The Morgan fingerprint density at radius 2 is 1.86 bits per heavy atom. The van der Waals surface area contributed by atoms with Crippen molar-refractivity contribution in [2.45, 2.75) is 6.92 Å². The molecule has 0 saturated carbocycles. The highest BCUT2D eigenvalue weighted by Gasteiger charge is 2.15. The van der Waals surface area contributed by atoms with E-state index in [1.807, 2.05) is 37.3 Å². The van der Waals surface area contributed by atoms with Crippen molar-refractivity contribution < 1.29 is 4.79 Å². The van der Waals surface area contributed by atoms with E-state index in [1.54, 1.807) is 36.4 Å². The molecule has 2 N–H and O–H groups in total. The Bertz CT molecular complexity index is 1260. The summed E-state index contributed by atoms with van der Waals surface area (Å²) in [6.07, 6.45) is 0. The van der Waals surface area contributed by atoms with Gasteiger partial charge < -0.3 is 10.3 Å². The Morgan fingerprint density at radius 3 is 2.68 bits per heavy atom. The lowest BCUT2D eigenvalue weighted by Gasteiger charge is -2.12. The van der Waals surface area contributed by atoms with Gasteiger partial charge in [0.05, 0.1) is 16.7 Å². The minimum Gasteiger partial charge on any atom is -0.321 e. The van der Waals surface area contributed by atoms with E-state index >= 15 is 0 Å². The van der Waals surface area contributed by atoms with Crippen molar-refractivity contribution in [1.82, 2.24) is 9.97 Å². The number of halogens is 1. The fraction of sp³-hybridized carbons (Fsp3) is 0.0455. The van der Waals surface area contributed by atoms with Gasteiger partial charge in [-0.3, -0.25) is 9.59 Å². The molecule has 4 aromatic rings. The Balaban J connectivity index is 1.80. The maximum absolute atomic E-state index is 12.7. The molecule has 0 saturated heterocycles. The first-order valence-corrected chi connectivity index (χ1v) is 9.06. The molecule has 5 nitrogen and oxygen atoms in total. The number of rotatable bonds is 3. The highest BCUT2D eigenvalue weighted by Crippen LogP contribution is 2.27. The third-order valence-corrected chi connectivity index (χ3v) is 4.60. The number of carbonyl (C=O) groups is 1. The van der Waals surface area contributed by atoms with Crippen molar-refractivity contribution in [3.8, 4) is 11.3 Å². The van der Waals surface area contributed by atoms with Gasteiger partial charge in [-0.1, -0.05) is 41.4 Å². The second-order valence-corrected chi connectivity index (χ2v) is 6.88. The smallest absolute Gasteiger partial charge is 0.275 e. The van der Waals surface area contributed by atoms with Gasteiger partial charge in [0.15, 0.2) is 0 Å². The number of anilines is 1. The summed E-state index contributed by atoms with van der Waals surface area (Å²) in [6.45, 7) is 1.92. The van der Waals surface area contributed by atoms with E-state index in [-0.39, 0.29) is 17.2 Å². The van der Waals surface area contributed by atoms with Crippen molar-refractivity contribution in [3.63, 3.8) is 0 Å². The van der Waals surface area contributed by atoms with Gasteiger partial charge in [-0.25, -0.2) is 4.98 Å². The molecule has 0 bridgehead atoms. The van der Waals surface area contributed by atoms with Crippen molar-refractivity contribution in [3.05, 3.63) is 93.2 Å². The fourth-order valence-corrected chi connectivity index (χ4v) is 3.19. The number of hydrogen-bond acceptors (Lipinski definition) is 3. The summed E-state index contributed by atoms with van der Waals surface area (Å²) in [5.74, 6) is -0.315. The number of aromatic nitrogens is 2. The quantitative estimate of drug-likeness (QED) is 0.528. The molecule has 0 radical (unpaired) electrons. The van der Waals surface area contributed by atoms with E-state index in [2.05, 4.69) is 15.3 Å². The Kier molecular flexibility index (Phi) is 4.67. The summed E-state index contributed by atoms with van der Waals surface area (Å²) in [5.41, 5.74) is 3.71. The first-order valence-electron chi connectivity index (χ1n) is 8.68. The lowest BCUT2D eigenvalue weighted by Crippen LogP contribution is -2.16. The lowest BCUT2D eigenvalue weighted by atomic mass is 10.1. The zero-order valence-electron chi connectivity index (χ0n) is 15.0. The van der Waals surface area contributed by atoms with E-state index in [9.17, 15) is 9.59 Å². The van der Waals surface area contributed by atoms with Gasteiger partial charge in [0.2, 0.25) is 0 Å². The molecule has 0 aliphatic rings. The number of nitrogens with one attached hydrogen (secondary N) is 2. The molecular formula is C22H16ClN3O2. The number of nitrogens with zero attached hydrogens (tertiary/aromatic N) is 1. The molecule has 1 aromatic heterocycles. The number of amides is 1. The van der Waals surface area contributed by atoms with Crippen molar-refractivity contribution in [2.75, 3.05) is 5.32 Å². The molecule has 0 aliphatic heterocycles. The maximum Gasteiger partial charge on any atom is 0.275 e. The van der Waals surface area contributed by atoms with Gasteiger partial charge in [0.25, 0.3) is 11.5 Å². The first kappa shape index (κ1) is 17.9. The molecule has 0 fully saturated rings. The zero-order chi connectivity index (χ0) is 19.7. The monoisotopic (exact) mass is 389 g/mol. The number of H-pyrrole nitrogens is 1. The van der Waals surface area contributed by atoms with Gasteiger partial charge in [-0.05, 0) is 49.4 Å². The molecule has 4 rings (SSSR count). The predicted octanol–water partition coefficient (Wildman–Crippen LogP) is 4.80. The number of hydrogen-bond donors (Lipinski definition) is 2. The lowest BCUT2D eigenvalue weighted by molar-refractivity contribution is 0.102. The van der Waals surface area contributed by atoms with Crippen LogP contribution in [0.2, 0.25) is 5.02 Å². The molecule has 3 aromatic carbocycles. The van der Waals surface area contributed by atoms with E-state index in [0.717, 1.165) is 5.56 Å².